The van der Waals surface area contributed by atoms with Gasteiger partial charge in [-0.3, -0.25) is 9.69 Å². The number of nitrogens with zero attached hydrogens (tertiary/aromatic N) is 1. The summed E-state index contributed by atoms with van der Waals surface area (Å²) in [4.78, 5) is 13.0. The molecule has 1 fully saturated rings. The molecule has 0 spiro atoms. The van der Waals surface area contributed by atoms with Crippen molar-refractivity contribution in [3.05, 3.63) is 0 Å². The van der Waals surface area contributed by atoms with Crippen molar-refractivity contribution in [3.8, 4) is 0 Å². The van der Waals surface area contributed by atoms with Crippen LogP contribution in [0, 0.1) is 0 Å². The second kappa shape index (κ2) is 6.05. The molecule has 2 unspecified atom stereocenters. The van der Waals surface area contributed by atoms with Crippen molar-refractivity contribution in [2.24, 2.45) is 5.73 Å². The fraction of sp³-hybridized carbons (Fsp3) is 0.900. The second-order valence-corrected chi connectivity index (χ2v) is 3.93. The number of nitrogens with two attached hydrogens (primary N) is 1. The Labute approximate surface area is 90.2 Å². The van der Waals surface area contributed by atoms with E-state index in [-0.39, 0.29) is 6.10 Å². The highest BCUT2D eigenvalue weighted by molar-refractivity contribution is 5.73. The Balaban J connectivity index is 2.54. The molecule has 0 aromatic rings. The zero-order valence-electron chi connectivity index (χ0n) is 9.19. The Bertz CT molecular complexity index is 211. The van der Waals surface area contributed by atoms with Crippen molar-refractivity contribution in [2.75, 3.05) is 26.7 Å². The Morgan fingerprint density at radius 2 is 2.47 bits per heavy atom. The summed E-state index contributed by atoms with van der Waals surface area (Å²) in [6, 6.07) is -0.451. The Morgan fingerprint density at radius 1 is 1.73 bits per heavy atom. The van der Waals surface area contributed by atoms with Crippen LogP contribution in [-0.2, 0) is 9.53 Å². The van der Waals surface area contributed by atoms with Crippen LogP contribution < -0.4 is 5.73 Å². The SMILES string of the molecule is COC1CCCN(C(CCN)C(=O)O)C1. The Kier molecular flexibility index (Phi) is 5.01. The third-order valence-corrected chi connectivity index (χ3v) is 2.91. The quantitative estimate of drug-likeness (QED) is 0.671. The van der Waals surface area contributed by atoms with Crippen molar-refractivity contribution in [3.63, 3.8) is 0 Å². The minimum absolute atomic E-state index is 0.165. The highest BCUT2D eigenvalue weighted by Gasteiger charge is 2.29. The van der Waals surface area contributed by atoms with Gasteiger partial charge < -0.3 is 15.6 Å². The summed E-state index contributed by atoms with van der Waals surface area (Å²) in [6.07, 6.45) is 2.68. The summed E-state index contributed by atoms with van der Waals surface area (Å²) >= 11 is 0. The van der Waals surface area contributed by atoms with Crippen LogP contribution in [0.15, 0.2) is 0 Å². The molecular weight excluding hydrogens is 196 g/mol. The molecule has 88 valence electrons. The molecule has 1 aliphatic heterocycles. The average Bonchev–Trinajstić information content (AvgIpc) is 2.25. The zero-order chi connectivity index (χ0) is 11.3. The highest BCUT2D eigenvalue weighted by atomic mass is 16.5. The molecule has 2 atom stereocenters. The van der Waals surface area contributed by atoms with Crippen LogP contribution in [0.3, 0.4) is 0 Å². The third kappa shape index (κ3) is 3.44. The number of likely N-dealkylation sites (tertiary alicyclic amines) is 1. The van der Waals surface area contributed by atoms with Crippen LogP contribution in [0.25, 0.3) is 0 Å². The van der Waals surface area contributed by atoms with Gasteiger partial charge in [-0.05, 0) is 32.4 Å². The fourth-order valence-corrected chi connectivity index (χ4v) is 2.06. The first kappa shape index (κ1) is 12.4. The Morgan fingerprint density at radius 3 is 3.00 bits per heavy atom. The smallest absolute Gasteiger partial charge is 0.320 e. The molecule has 0 aromatic heterocycles. The van der Waals surface area contributed by atoms with Crippen molar-refractivity contribution >= 4 is 5.97 Å². The van der Waals surface area contributed by atoms with E-state index in [0.29, 0.717) is 19.5 Å². The summed E-state index contributed by atoms with van der Waals surface area (Å²) in [7, 11) is 1.67. The molecule has 1 aliphatic rings. The van der Waals surface area contributed by atoms with Gasteiger partial charge in [-0.15, -0.1) is 0 Å². The topological polar surface area (TPSA) is 75.8 Å². The predicted octanol–water partition coefficient (Wildman–Crippen LogP) is -0.101. The minimum Gasteiger partial charge on any atom is -0.480 e. The summed E-state index contributed by atoms with van der Waals surface area (Å²) in [5.41, 5.74) is 5.42. The molecule has 1 saturated heterocycles. The number of hydrogen-bond donors (Lipinski definition) is 2. The van der Waals surface area contributed by atoms with Gasteiger partial charge in [0.2, 0.25) is 0 Å². The first-order valence-corrected chi connectivity index (χ1v) is 5.38. The van der Waals surface area contributed by atoms with Gasteiger partial charge in [0.15, 0.2) is 0 Å². The molecule has 1 rings (SSSR count). The number of carboxylic acids is 1. The first-order chi connectivity index (χ1) is 7.19. The normalized spacial score (nSPS) is 25.1. The van der Waals surface area contributed by atoms with E-state index in [2.05, 4.69) is 0 Å². The lowest BCUT2D eigenvalue weighted by Gasteiger charge is -2.35. The zero-order valence-corrected chi connectivity index (χ0v) is 9.19. The number of rotatable bonds is 5. The monoisotopic (exact) mass is 216 g/mol. The van der Waals surface area contributed by atoms with E-state index < -0.39 is 12.0 Å². The molecular formula is C10H20N2O3. The number of carboxylic acid groups (broad SMARTS) is 1. The summed E-state index contributed by atoms with van der Waals surface area (Å²) in [5.74, 6) is -0.780. The van der Waals surface area contributed by atoms with Crippen LogP contribution >= 0.6 is 0 Å². The number of hydrogen-bond acceptors (Lipinski definition) is 4. The van der Waals surface area contributed by atoms with E-state index in [1.807, 2.05) is 4.90 Å². The number of ether oxygens (including phenoxy) is 1. The first-order valence-electron chi connectivity index (χ1n) is 5.38. The molecule has 0 aromatic carbocycles. The van der Waals surface area contributed by atoms with Gasteiger partial charge in [-0.25, -0.2) is 0 Å². The average molecular weight is 216 g/mol. The number of carbonyl (C=O) groups is 1. The maximum atomic E-state index is 11.0. The maximum absolute atomic E-state index is 11.0. The molecule has 0 aliphatic carbocycles. The number of methoxy groups -OCH3 is 1. The summed E-state index contributed by atoms with van der Waals surface area (Å²) < 4.78 is 5.26. The lowest BCUT2D eigenvalue weighted by molar-refractivity contribution is -0.145. The van der Waals surface area contributed by atoms with E-state index in [1.165, 1.54) is 0 Å². The lowest BCUT2D eigenvalue weighted by Crippen LogP contribution is -2.49. The van der Waals surface area contributed by atoms with Crippen molar-refractivity contribution in [1.82, 2.24) is 4.90 Å². The van der Waals surface area contributed by atoms with Crippen LogP contribution in [0.1, 0.15) is 19.3 Å². The maximum Gasteiger partial charge on any atom is 0.320 e. The molecule has 5 heteroatoms. The second-order valence-electron chi connectivity index (χ2n) is 3.93. The summed E-state index contributed by atoms with van der Waals surface area (Å²) in [6.45, 7) is 1.94. The van der Waals surface area contributed by atoms with Crippen LogP contribution in [0.5, 0.6) is 0 Å². The fourth-order valence-electron chi connectivity index (χ4n) is 2.06. The molecule has 3 N–H and O–H groups in total. The van der Waals surface area contributed by atoms with Gasteiger partial charge >= 0.3 is 5.97 Å². The standard InChI is InChI=1S/C10H20N2O3/c1-15-8-3-2-6-12(7-8)9(4-5-11)10(13)14/h8-9H,2-7,11H2,1H3,(H,13,14). The van der Waals surface area contributed by atoms with Gasteiger partial charge in [-0.2, -0.15) is 0 Å². The Hall–Kier alpha value is -0.650. The number of piperidine rings is 1. The molecule has 0 amide bonds. The van der Waals surface area contributed by atoms with Gasteiger partial charge in [0.05, 0.1) is 6.10 Å². The van der Waals surface area contributed by atoms with E-state index in [1.54, 1.807) is 7.11 Å². The van der Waals surface area contributed by atoms with Crippen molar-refractivity contribution < 1.29 is 14.6 Å². The molecule has 15 heavy (non-hydrogen) atoms. The van der Waals surface area contributed by atoms with Crippen LogP contribution in [0.4, 0.5) is 0 Å². The molecule has 0 saturated carbocycles. The van der Waals surface area contributed by atoms with Crippen LogP contribution in [0.2, 0.25) is 0 Å². The van der Waals surface area contributed by atoms with Crippen molar-refractivity contribution in [2.45, 2.75) is 31.4 Å². The van der Waals surface area contributed by atoms with E-state index >= 15 is 0 Å². The van der Waals surface area contributed by atoms with E-state index in [4.69, 9.17) is 15.6 Å². The van der Waals surface area contributed by atoms with E-state index in [0.717, 1.165) is 19.4 Å². The predicted molar refractivity (Wildman–Crippen MR) is 56.7 cm³/mol. The van der Waals surface area contributed by atoms with Crippen molar-refractivity contribution in [1.29, 1.82) is 0 Å². The van der Waals surface area contributed by atoms with Gasteiger partial charge in [-0.1, -0.05) is 0 Å². The number of aliphatic carboxylic acids is 1. The largest absolute Gasteiger partial charge is 0.480 e. The summed E-state index contributed by atoms with van der Waals surface area (Å²) in [5, 5.41) is 9.08. The van der Waals surface area contributed by atoms with Gasteiger partial charge in [0.25, 0.3) is 0 Å². The molecule has 5 nitrogen and oxygen atoms in total. The van der Waals surface area contributed by atoms with Gasteiger partial charge in [0.1, 0.15) is 6.04 Å². The highest BCUT2D eigenvalue weighted by Crippen LogP contribution is 2.16. The third-order valence-electron chi connectivity index (χ3n) is 2.91. The molecule has 1 heterocycles. The van der Waals surface area contributed by atoms with E-state index in [9.17, 15) is 4.79 Å². The molecule has 0 bridgehead atoms. The van der Waals surface area contributed by atoms with Gasteiger partial charge in [0, 0.05) is 13.7 Å². The lowest BCUT2D eigenvalue weighted by atomic mass is 10.0. The van der Waals surface area contributed by atoms with Crippen LogP contribution in [-0.4, -0.2) is 54.9 Å². The minimum atomic E-state index is -0.780. The molecule has 0 radical (unpaired) electrons.